The Hall–Kier alpha value is -1.15. The van der Waals surface area contributed by atoms with Crippen molar-refractivity contribution in [2.24, 2.45) is 17.3 Å². The van der Waals surface area contributed by atoms with Crippen LogP contribution in [-0.2, 0) is 5.41 Å². The van der Waals surface area contributed by atoms with Gasteiger partial charge in [0.25, 0.3) is 0 Å². The van der Waals surface area contributed by atoms with Gasteiger partial charge in [0.2, 0.25) is 0 Å². The van der Waals surface area contributed by atoms with Crippen molar-refractivity contribution < 1.29 is 4.79 Å². The zero-order chi connectivity index (χ0) is 16.5. The molecular formula is C22H29NO. The third kappa shape index (κ3) is 1.78. The van der Waals surface area contributed by atoms with Crippen molar-refractivity contribution in [2.75, 3.05) is 13.1 Å². The summed E-state index contributed by atoms with van der Waals surface area (Å²) in [6.07, 6.45) is 8.17. The first-order valence-corrected chi connectivity index (χ1v) is 9.91. The molecule has 5 rings (SSSR count). The number of carbonyl (C=O) groups is 1. The number of hydrogen-bond donors (Lipinski definition) is 0. The summed E-state index contributed by atoms with van der Waals surface area (Å²) in [6.45, 7) is 6.75. The number of fused-ring (bicyclic) bond motifs is 4. The lowest BCUT2D eigenvalue weighted by Crippen LogP contribution is -2.53. The highest BCUT2D eigenvalue weighted by Crippen LogP contribution is 2.57. The van der Waals surface area contributed by atoms with Crippen LogP contribution < -0.4 is 0 Å². The summed E-state index contributed by atoms with van der Waals surface area (Å²) in [4.78, 5) is 15.8. The van der Waals surface area contributed by atoms with Gasteiger partial charge in [-0.15, -0.1) is 0 Å². The molecule has 128 valence electrons. The molecule has 1 saturated heterocycles. The molecule has 2 nitrogen and oxygen atoms in total. The second-order valence-corrected chi connectivity index (χ2v) is 9.36. The minimum Gasteiger partial charge on any atom is -0.300 e. The van der Waals surface area contributed by atoms with Gasteiger partial charge in [0.15, 0.2) is 5.78 Å². The maximum absolute atomic E-state index is 13.0. The molecule has 1 aromatic carbocycles. The molecule has 24 heavy (non-hydrogen) atoms. The smallest absolute Gasteiger partial charge is 0.169 e. The molecule has 2 heteroatoms. The quantitative estimate of drug-likeness (QED) is 0.762. The maximum Gasteiger partial charge on any atom is 0.169 e. The second-order valence-electron chi connectivity index (χ2n) is 9.36. The Morgan fingerprint density at radius 3 is 2.46 bits per heavy atom. The predicted molar refractivity (Wildman–Crippen MR) is 96.3 cm³/mol. The molecule has 3 atom stereocenters. The lowest BCUT2D eigenvalue weighted by Gasteiger charge is -2.49. The summed E-state index contributed by atoms with van der Waals surface area (Å²) in [7, 11) is 0. The number of rotatable bonds is 1. The second kappa shape index (κ2) is 4.94. The summed E-state index contributed by atoms with van der Waals surface area (Å²) < 4.78 is 0. The number of nitrogens with zero attached hydrogens (tertiary/aromatic N) is 1. The van der Waals surface area contributed by atoms with Crippen LogP contribution in [0.3, 0.4) is 0 Å². The van der Waals surface area contributed by atoms with Gasteiger partial charge in [0.05, 0.1) is 0 Å². The fourth-order valence-corrected chi connectivity index (χ4v) is 6.78. The fraction of sp³-hybridized carbons (Fsp3) is 0.682. The zero-order valence-corrected chi connectivity index (χ0v) is 15.1. The molecule has 0 aromatic heterocycles. The van der Waals surface area contributed by atoms with E-state index in [1.807, 2.05) is 6.07 Å². The van der Waals surface area contributed by atoms with Crippen LogP contribution >= 0.6 is 0 Å². The van der Waals surface area contributed by atoms with Crippen molar-refractivity contribution in [3.63, 3.8) is 0 Å². The highest BCUT2D eigenvalue weighted by atomic mass is 16.1. The summed E-state index contributed by atoms with van der Waals surface area (Å²) >= 11 is 0. The van der Waals surface area contributed by atoms with Gasteiger partial charge in [-0.1, -0.05) is 44.5 Å². The van der Waals surface area contributed by atoms with Gasteiger partial charge < -0.3 is 4.90 Å². The number of Topliss-reactive ketones (excluding diaryl/α,β-unsaturated/α-hetero) is 1. The molecule has 1 spiro atoms. The van der Waals surface area contributed by atoms with Crippen molar-refractivity contribution in [3.05, 3.63) is 35.4 Å². The minimum atomic E-state index is -0.253. The number of benzene rings is 1. The minimum absolute atomic E-state index is 0.0643. The van der Waals surface area contributed by atoms with E-state index in [0.717, 1.165) is 36.3 Å². The molecule has 3 fully saturated rings. The van der Waals surface area contributed by atoms with Gasteiger partial charge in [-0.25, -0.2) is 0 Å². The lowest BCUT2D eigenvalue weighted by molar-refractivity contribution is 0.0356. The first-order chi connectivity index (χ1) is 11.5. The highest BCUT2D eigenvalue weighted by molar-refractivity contribution is 6.06. The van der Waals surface area contributed by atoms with E-state index < -0.39 is 0 Å². The van der Waals surface area contributed by atoms with Gasteiger partial charge >= 0.3 is 0 Å². The third-order valence-corrected chi connectivity index (χ3v) is 8.27. The first-order valence-electron chi connectivity index (χ1n) is 9.91. The molecule has 0 amide bonds. The van der Waals surface area contributed by atoms with E-state index in [4.69, 9.17) is 0 Å². The SMILES string of the molecule is CC1(C)C(=O)c2ccccc2C12CCN([C@@H]1C[C@@H]3CC[C@H]1C3)CC2. The Kier molecular flexibility index (Phi) is 3.11. The summed E-state index contributed by atoms with van der Waals surface area (Å²) in [5.41, 5.74) is 2.15. The fourth-order valence-electron chi connectivity index (χ4n) is 6.78. The van der Waals surface area contributed by atoms with Crippen LogP contribution in [0.5, 0.6) is 0 Å². The Balaban J connectivity index is 1.43. The number of likely N-dealkylation sites (tertiary alicyclic amines) is 1. The Labute approximate surface area is 145 Å². The van der Waals surface area contributed by atoms with Crippen LogP contribution in [0.15, 0.2) is 24.3 Å². The van der Waals surface area contributed by atoms with Gasteiger partial charge in [-0.2, -0.15) is 0 Å². The van der Waals surface area contributed by atoms with E-state index in [1.165, 1.54) is 44.3 Å². The summed E-state index contributed by atoms with van der Waals surface area (Å²) in [6, 6.07) is 9.27. The summed E-state index contributed by atoms with van der Waals surface area (Å²) in [5.74, 6) is 2.35. The van der Waals surface area contributed by atoms with Crippen molar-refractivity contribution >= 4 is 5.78 Å². The molecule has 2 bridgehead atoms. The Bertz CT molecular complexity index is 683. The number of carbonyl (C=O) groups excluding carboxylic acids is 1. The Morgan fingerprint density at radius 2 is 1.79 bits per heavy atom. The third-order valence-electron chi connectivity index (χ3n) is 8.27. The van der Waals surface area contributed by atoms with Crippen molar-refractivity contribution in [2.45, 2.75) is 63.8 Å². The molecular weight excluding hydrogens is 294 g/mol. The van der Waals surface area contributed by atoms with Gasteiger partial charge in [0.1, 0.15) is 0 Å². The molecule has 2 saturated carbocycles. The normalized spacial score (nSPS) is 36.4. The van der Waals surface area contributed by atoms with Gasteiger partial charge in [0, 0.05) is 22.4 Å². The molecule has 3 aliphatic carbocycles. The molecule has 0 unspecified atom stereocenters. The van der Waals surface area contributed by atoms with Crippen LogP contribution in [0.1, 0.15) is 68.3 Å². The number of ketones is 1. The molecule has 0 N–H and O–H groups in total. The average Bonchev–Trinajstić information content (AvgIpc) is 3.27. The average molecular weight is 323 g/mol. The Morgan fingerprint density at radius 1 is 1.04 bits per heavy atom. The van der Waals surface area contributed by atoms with Crippen LogP contribution in [0.2, 0.25) is 0 Å². The zero-order valence-electron chi connectivity index (χ0n) is 15.1. The van der Waals surface area contributed by atoms with E-state index in [-0.39, 0.29) is 10.8 Å². The molecule has 1 heterocycles. The molecule has 4 aliphatic rings. The molecule has 0 radical (unpaired) electrons. The first kappa shape index (κ1) is 15.1. The monoisotopic (exact) mass is 323 g/mol. The summed E-state index contributed by atoms with van der Waals surface area (Å²) in [5, 5.41) is 0. The van der Waals surface area contributed by atoms with Crippen molar-refractivity contribution in [3.8, 4) is 0 Å². The lowest BCUT2D eigenvalue weighted by atomic mass is 9.60. The van der Waals surface area contributed by atoms with E-state index in [1.54, 1.807) is 0 Å². The van der Waals surface area contributed by atoms with Crippen LogP contribution in [0, 0.1) is 17.3 Å². The van der Waals surface area contributed by atoms with Crippen molar-refractivity contribution in [1.82, 2.24) is 4.90 Å². The van der Waals surface area contributed by atoms with Crippen LogP contribution in [-0.4, -0.2) is 29.8 Å². The van der Waals surface area contributed by atoms with E-state index in [0.29, 0.717) is 5.78 Å². The molecule has 1 aliphatic heterocycles. The largest absolute Gasteiger partial charge is 0.300 e. The van der Waals surface area contributed by atoms with Gasteiger partial charge in [-0.3, -0.25) is 4.79 Å². The topological polar surface area (TPSA) is 20.3 Å². The van der Waals surface area contributed by atoms with Gasteiger partial charge in [-0.05, 0) is 62.6 Å². The van der Waals surface area contributed by atoms with Crippen LogP contribution in [0.4, 0.5) is 0 Å². The number of piperidine rings is 1. The van der Waals surface area contributed by atoms with Crippen LogP contribution in [0.25, 0.3) is 0 Å². The standard InChI is InChI=1S/C22H29NO/c1-21(2)20(24)17-5-3-4-6-18(17)22(21)9-11-23(12-10-22)19-14-15-7-8-16(19)13-15/h3-6,15-16,19H,7-14H2,1-2H3/t15-,16+,19-/m1/s1. The van der Waals surface area contributed by atoms with E-state index in [9.17, 15) is 4.79 Å². The van der Waals surface area contributed by atoms with E-state index in [2.05, 4.69) is 36.9 Å². The van der Waals surface area contributed by atoms with Crippen molar-refractivity contribution in [1.29, 1.82) is 0 Å². The molecule has 1 aromatic rings. The number of hydrogen-bond acceptors (Lipinski definition) is 2. The predicted octanol–water partition coefficient (Wildman–Crippen LogP) is 4.43. The maximum atomic E-state index is 13.0. The van der Waals surface area contributed by atoms with E-state index >= 15 is 0 Å². The highest BCUT2D eigenvalue weighted by Gasteiger charge is 2.58.